The monoisotopic (exact) mass is 278 g/mol. The number of carbonyl (C=O) groups is 1. The van der Waals surface area contributed by atoms with Crippen LogP contribution in [-0.2, 0) is 0 Å². The van der Waals surface area contributed by atoms with Crippen molar-refractivity contribution in [1.29, 1.82) is 0 Å². The van der Waals surface area contributed by atoms with Crippen molar-refractivity contribution in [2.24, 2.45) is 0 Å². The molecule has 0 saturated heterocycles. The van der Waals surface area contributed by atoms with Gasteiger partial charge in [0.25, 0.3) is 0 Å². The number of rotatable bonds is 2. The van der Waals surface area contributed by atoms with E-state index < -0.39 is 5.82 Å². The van der Waals surface area contributed by atoms with E-state index in [1.807, 2.05) is 22.6 Å². The number of Topliss-reactive ketones (excluding diaryl/α,β-unsaturated/α-hetero) is 1. The highest BCUT2D eigenvalue weighted by atomic mass is 127. The van der Waals surface area contributed by atoms with Crippen molar-refractivity contribution in [1.82, 2.24) is 0 Å². The molecule has 0 heterocycles. The molecule has 12 heavy (non-hydrogen) atoms. The largest absolute Gasteiger partial charge is 0.294 e. The van der Waals surface area contributed by atoms with Gasteiger partial charge < -0.3 is 0 Å². The lowest BCUT2D eigenvalue weighted by Crippen LogP contribution is -2.01. The number of hydrogen-bond acceptors (Lipinski definition) is 1. The molecule has 3 heteroatoms. The highest BCUT2D eigenvalue weighted by Crippen LogP contribution is 2.16. The molecule has 0 spiro atoms. The van der Waals surface area contributed by atoms with Crippen LogP contribution in [-0.4, -0.2) is 5.78 Å². The summed E-state index contributed by atoms with van der Waals surface area (Å²) < 4.78 is 13.7. The number of benzene rings is 1. The van der Waals surface area contributed by atoms with Crippen molar-refractivity contribution in [3.8, 4) is 0 Å². The lowest BCUT2D eigenvalue weighted by molar-refractivity contribution is 0.0984. The van der Waals surface area contributed by atoms with E-state index in [1.165, 1.54) is 6.07 Å². The minimum absolute atomic E-state index is 0.147. The first-order chi connectivity index (χ1) is 5.66. The first kappa shape index (κ1) is 9.64. The lowest BCUT2D eigenvalue weighted by Gasteiger charge is -2.00. The molecule has 0 N–H and O–H groups in total. The van der Waals surface area contributed by atoms with Crippen LogP contribution in [0, 0.1) is 9.39 Å². The number of halogens is 2. The molecule has 0 unspecified atom stereocenters. The maximum Gasteiger partial charge on any atom is 0.165 e. The Kier molecular flexibility index (Phi) is 3.20. The van der Waals surface area contributed by atoms with Gasteiger partial charge in [-0.15, -0.1) is 0 Å². The Morgan fingerprint density at radius 1 is 1.58 bits per heavy atom. The van der Waals surface area contributed by atoms with Crippen LogP contribution >= 0.6 is 22.6 Å². The standard InChI is InChI=1S/C9H8FIO/c1-2-8(12)6-4-3-5-7(11)9(6)10/h3-5H,2H2,1H3. The summed E-state index contributed by atoms with van der Waals surface area (Å²) in [6.45, 7) is 1.72. The Morgan fingerprint density at radius 3 is 2.83 bits per heavy atom. The fourth-order valence-corrected chi connectivity index (χ4v) is 1.41. The molecule has 1 nitrogen and oxygen atoms in total. The van der Waals surface area contributed by atoms with Crippen molar-refractivity contribution < 1.29 is 9.18 Å². The topological polar surface area (TPSA) is 17.1 Å². The van der Waals surface area contributed by atoms with E-state index in [9.17, 15) is 9.18 Å². The lowest BCUT2D eigenvalue weighted by atomic mass is 10.1. The van der Waals surface area contributed by atoms with E-state index in [-0.39, 0.29) is 11.3 Å². The fourth-order valence-electron chi connectivity index (χ4n) is 0.910. The van der Waals surface area contributed by atoms with Crippen LogP contribution in [0.2, 0.25) is 0 Å². The third kappa shape index (κ3) is 1.83. The SMILES string of the molecule is CCC(=O)c1cccc(I)c1F. The maximum absolute atomic E-state index is 13.2. The minimum atomic E-state index is -0.398. The van der Waals surface area contributed by atoms with Gasteiger partial charge in [0.1, 0.15) is 5.82 Å². The van der Waals surface area contributed by atoms with Gasteiger partial charge in [0.15, 0.2) is 5.78 Å². The van der Waals surface area contributed by atoms with Crippen LogP contribution < -0.4 is 0 Å². The Labute approximate surface area is 84.1 Å². The molecule has 0 aliphatic rings. The molecule has 0 radical (unpaired) electrons. The summed E-state index contributed by atoms with van der Waals surface area (Å²) in [5.41, 5.74) is 0.199. The Balaban J connectivity index is 3.16. The molecule has 0 amide bonds. The second kappa shape index (κ2) is 3.98. The average molecular weight is 278 g/mol. The third-order valence-electron chi connectivity index (χ3n) is 1.57. The van der Waals surface area contributed by atoms with Gasteiger partial charge >= 0.3 is 0 Å². The van der Waals surface area contributed by atoms with Crippen LogP contribution in [0.5, 0.6) is 0 Å². The first-order valence-electron chi connectivity index (χ1n) is 3.64. The molecule has 0 atom stereocenters. The van der Waals surface area contributed by atoms with Gasteiger partial charge in [0.05, 0.1) is 5.56 Å². The van der Waals surface area contributed by atoms with Crippen molar-refractivity contribution in [3.63, 3.8) is 0 Å². The Bertz CT molecular complexity index is 309. The zero-order valence-electron chi connectivity index (χ0n) is 6.60. The quantitative estimate of drug-likeness (QED) is 0.600. The molecule has 0 fully saturated rings. The van der Waals surface area contributed by atoms with Gasteiger partial charge in [-0.05, 0) is 34.7 Å². The smallest absolute Gasteiger partial charge is 0.165 e. The van der Waals surface area contributed by atoms with E-state index in [0.717, 1.165) is 0 Å². The molecule has 0 aliphatic carbocycles. The third-order valence-corrected chi connectivity index (χ3v) is 2.41. The summed E-state index contributed by atoms with van der Waals surface area (Å²) in [6, 6.07) is 4.85. The number of hydrogen-bond donors (Lipinski definition) is 0. The average Bonchev–Trinajstić information content (AvgIpc) is 2.08. The van der Waals surface area contributed by atoms with Gasteiger partial charge in [-0.3, -0.25) is 4.79 Å². The zero-order valence-corrected chi connectivity index (χ0v) is 8.76. The van der Waals surface area contributed by atoms with Crippen molar-refractivity contribution in [2.75, 3.05) is 0 Å². The molecule has 0 aliphatic heterocycles. The van der Waals surface area contributed by atoms with Crippen molar-refractivity contribution in [3.05, 3.63) is 33.1 Å². The summed E-state index contributed by atoms with van der Waals surface area (Å²) in [6.07, 6.45) is 0.344. The van der Waals surface area contributed by atoms with Gasteiger partial charge in [-0.1, -0.05) is 13.0 Å². The van der Waals surface area contributed by atoms with E-state index in [0.29, 0.717) is 9.99 Å². The predicted molar refractivity (Wildman–Crippen MR) is 53.7 cm³/mol. The molecule has 1 aromatic carbocycles. The van der Waals surface area contributed by atoms with Gasteiger partial charge in [0.2, 0.25) is 0 Å². The van der Waals surface area contributed by atoms with Crippen LogP contribution in [0.3, 0.4) is 0 Å². The zero-order chi connectivity index (χ0) is 9.14. The highest BCUT2D eigenvalue weighted by molar-refractivity contribution is 14.1. The molecule has 1 aromatic rings. The van der Waals surface area contributed by atoms with Crippen molar-refractivity contribution in [2.45, 2.75) is 13.3 Å². The van der Waals surface area contributed by atoms with Gasteiger partial charge in [-0.2, -0.15) is 0 Å². The molecule has 0 bridgehead atoms. The second-order valence-corrected chi connectivity index (χ2v) is 3.54. The van der Waals surface area contributed by atoms with Gasteiger partial charge in [-0.25, -0.2) is 4.39 Å². The maximum atomic E-state index is 13.2. The summed E-state index contributed by atoms with van der Waals surface area (Å²) in [5, 5.41) is 0. The fraction of sp³-hybridized carbons (Fsp3) is 0.222. The number of ketones is 1. The summed E-state index contributed by atoms with van der Waals surface area (Å²) in [7, 11) is 0. The van der Waals surface area contributed by atoms with E-state index in [4.69, 9.17) is 0 Å². The van der Waals surface area contributed by atoms with E-state index in [2.05, 4.69) is 0 Å². The van der Waals surface area contributed by atoms with E-state index in [1.54, 1.807) is 19.1 Å². The summed E-state index contributed by atoms with van der Waals surface area (Å²) in [5.74, 6) is -0.545. The van der Waals surface area contributed by atoms with Gasteiger partial charge in [0, 0.05) is 9.99 Å². The minimum Gasteiger partial charge on any atom is -0.294 e. The summed E-state index contributed by atoms with van der Waals surface area (Å²) in [4.78, 5) is 11.1. The first-order valence-corrected chi connectivity index (χ1v) is 4.72. The Morgan fingerprint density at radius 2 is 2.25 bits per heavy atom. The highest BCUT2D eigenvalue weighted by Gasteiger charge is 2.10. The normalized spacial score (nSPS) is 9.92. The molecular weight excluding hydrogens is 270 g/mol. The number of carbonyl (C=O) groups excluding carboxylic acids is 1. The molecule has 1 rings (SSSR count). The van der Waals surface area contributed by atoms with E-state index >= 15 is 0 Å². The molecule has 0 saturated carbocycles. The summed E-state index contributed by atoms with van der Waals surface area (Å²) >= 11 is 1.87. The predicted octanol–water partition coefficient (Wildman–Crippen LogP) is 3.02. The Hall–Kier alpha value is -0.450. The van der Waals surface area contributed by atoms with Crippen LogP contribution in [0.4, 0.5) is 4.39 Å². The molecular formula is C9H8FIO. The second-order valence-electron chi connectivity index (χ2n) is 2.38. The van der Waals surface area contributed by atoms with Crippen LogP contribution in [0.25, 0.3) is 0 Å². The molecule has 0 aromatic heterocycles. The van der Waals surface area contributed by atoms with Crippen molar-refractivity contribution >= 4 is 28.4 Å². The molecule has 64 valence electrons. The van der Waals surface area contributed by atoms with Crippen LogP contribution in [0.1, 0.15) is 23.7 Å². The van der Waals surface area contributed by atoms with Crippen LogP contribution in [0.15, 0.2) is 18.2 Å².